The van der Waals surface area contributed by atoms with E-state index in [-0.39, 0.29) is 0 Å². The van der Waals surface area contributed by atoms with Gasteiger partial charge in [-0.25, -0.2) is 8.78 Å². The molecule has 4 heteroatoms. The summed E-state index contributed by atoms with van der Waals surface area (Å²) >= 11 is 0. The van der Waals surface area contributed by atoms with Gasteiger partial charge in [0.1, 0.15) is 5.75 Å². The van der Waals surface area contributed by atoms with Crippen LogP contribution in [-0.2, 0) is 24.9 Å². The second kappa shape index (κ2) is 6.41. The van der Waals surface area contributed by atoms with Gasteiger partial charge in [0.15, 0.2) is 0 Å². The average molecular weight is 343 g/mol. The summed E-state index contributed by atoms with van der Waals surface area (Å²) in [7, 11) is 1.67. The lowest BCUT2D eigenvalue weighted by molar-refractivity contribution is 0.102. The largest absolute Gasteiger partial charge is 0.497 e. The second-order valence-electron chi connectivity index (χ2n) is 7.25. The molecule has 0 saturated heterocycles. The molecule has 0 atom stereocenters. The van der Waals surface area contributed by atoms with Crippen LogP contribution >= 0.6 is 0 Å². The van der Waals surface area contributed by atoms with Crippen molar-refractivity contribution < 1.29 is 13.5 Å². The molecule has 2 aromatic carbocycles. The number of hydrogen-bond donors (Lipinski definition) is 0. The summed E-state index contributed by atoms with van der Waals surface area (Å²) in [6.45, 7) is 2.74. The van der Waals surface area contributed by atoms with Crippen LogP contribution in [0.15, 0.2) is 42.5 Å². The quantitative estimate of drug-likeness (QED) is 0.790. The summed E-state index contributed by atoms with van der Waals surface area (Å²) in [6.07, 6.45) is -0.0839. The van der Waals surface area contributed by atoms with E-state index < -0.39 is 11.8 Å². The summed E-state index contributed by atoms with van der Waals surface area (Å²) in [5, 5.41) is 0. The molecule has 2 aromatic rings. The predicted octanol–water partition coefficient (Wildman–Crippen LogP) is 4.55. The van der Waals surface area contributed by atoms with Crippen molar-refractivity contribution in [1.29, 1.82) is 0 Å². The van der Waals surface area contributed by atoms with Gasteiger partial charge in [-0.2, -0.15) is 0 Å². The number of halogens is 2. The van der Waals surface area contributed by atoms with E-state index in [1.807, 2.05) is 24.3 Å². The van der Waals surface area contributed by atoms with Crippen LogP contribution in [0.3, 0.4) is 0 Å². The van der Waals surface area contributed by atoms with Crippen molar-refractivity contribution in [3.8, 4) is 5.75 Å². The second-order valence-corrected chi connectivity index (χ2v) is 7.25. The molecular formula is C21H23F2NO. The van der Waals surface area contributed by atoms with Crippen LogP contribution in [0.25, 0.3) is 0 Å². The minimum atomic E-state index is -2.25. The summed E-state index contributed by atoms with van der Waals surface area (Å²) in [4.78, 5) is 2.41. The first kappa shape index (κ1) is 16.5. The Bertz CT molecular complexity index is 753. The lowest BCUT2D eigenvalue weighted by Gasteiger charge is -2.30. The van der Waals surface area contributed by atoms with Gasteiger partial charge in [0.2, 0.25) is 6.43 Å². The van der Waals surface area contributed by atoms with Gasteiger partial charge in [-0.1, -0.05) is 30.3 Å². The molecule has 0 radical (unpaired) electrons. The van der Waals surface area contributed by atoms with Crippen LogP contribution in [-0.4, -0.2) is 25.0 Å². The molecule has 132 valence electrons. The normalized spacial score (nSPS) is 18.9. The zero-order chi connectivity index (χ0) is 17.4. The first-order valence-electron chi connectivity index (χ1n) is 8.86. The molecule has 0 spiro atoms. The molecule has 4 rings (SSSR count). The van der Waals surface area contributed by atoms with Crippen molar-refractivity contribution in [2.24, 2.45) is 0 Å². The van der Waals surface area contributed by atoms with Gasteiger partial charge in [0.05, 0.1) is 12.5 Å². The number of fused-ring (bicyclic) bond motifs is 1. The zero-order valence-electron chi connectivity index (χ0n) is 14.5. The van der Waals surface area contributed by atoms with Crippen molar-refractivity contribution in [3.05, 3.63) is 64.7 Å². The van der Waals surface area contributed by atoms with Crippen molar-refractivity contribution in [1.82, 2.24) is 4.90 Å². The highest BCUT2D eigenvalue weighted by Crippen LogP contribution is 2.53. The van der Waals surface area contributed by atoms with E-state index in [4.69, 9.17) is 4.74 Å². The Morgan fingerprint density at radius 3 is 2.48 bits per heavy atom. The maximum absolute atomic E-state index is 13.3. The zero-order valence-corrected chi connectivity index (χ0v) is 14.5. The minimum Gasteiger partial charge on any atom is -0.497 e. The Hall–Kier alpha value is -1.94. The Morgan fingerprint density at radius 2 is 1.84 bits per heavy atom. The molecule has 1 aliphatic heterocycles. The van der Waals surface area contributed by atoms with Gasteiger partial charge in [-0.3, -0.25) is 4.90 Å². The van der Waals surface area contributed by atoms with Crippen LogP contribution < -0.4 is 4.74 Å². The third-order valence-corrected chi connectivity index (χ3v) is 5.64. The SMILES string of the molecule is COc1ccc(CN2CCc3cc(C4(C(F)F)CC4)ccc3C2)cc1. The van der Waals surface area contributed by atoms with Crippen LogP contribution in [0.2, 0.25) is 0 Å². The third kappa shape index (κ3) is 3.15. The van der Waals surface area contributed by atoms with Crippen LogP contribution in [0, 0.1) is 0 Å². The first-order chi connectivity index (χ1) is 12.1. The summed E-state index contributed by atoms with van der Waals surface area (Å²) in [6, 6.07) is 14.2. The molecule has 0 N–H and O–H groups in total. The maximum Gasteiger partial charge on any atom is 0.248 e. The number of methoxy groups -OCH3 is 1. The Kier molecular flexibility index (Phi) is 4.24. The van der Waals surface area contributed by atoms with Gasteiger partial charge < -0.3 is 4.74 Å². The monoisotopic (exact) mass is 343 g/mol. The van der Waals surface area contributed by atoms with Crippen molar-refractivity contribution in [2.45, 2.75) is 44.2 Å². The number of benzene rings is 2. The molecule has 0 aromatic heterocycles. The average Bonchev–Trinajstić information content (AvgIpc) is 3.44. The van der Waals surface area contributed by atoms with E-state index in [9.17, 15) is 8.78 Å². The molecule has 1 fully saturated rings. The molecular weight excluding hydrogens is 320 g/mol. The lowest BCUT2D eigenvalue weighted by Crippen LogP contribution is -2.30. The fraction of sp³-hybridized carbons (Fsp3) is 0.429. The number of alkyl halides is 2. The molecule has 0 bridgehead atoms. The van der Waals surface area contributed by atoms with Gasteiger partial charge in [0.25, 0.3) is 0 Å². The first-order valence-corrected chi connectivity index (χ1v) is 8.86. The fourth-order valence-electron chi connectivity index (χ4n) is 3.81. The molecule has 1 saturated carbocycles. The topological polar surface area (TPSA) is 12.5 Å². The van der Waals surface area contributed by atoms with Crippen LogP contribution in [0.5, 0.6) is 5.75 Å². The van der Waals surface area contributed by atoms with E-state index >= 15 is 0 Å². The molecule has 1 heterocycles. The smallest absolute Gasteiger partial charge is 0.248 e. The van der Waals surface area contributed by atoms with Crippen LogP contribution in [0.4, 0.5) is 8.78 Å². The molecule has 25 heavy (non-hydrogen) atoms. The molecule has 0 amide bonds. The number of hydrogen-bond acceptors (Lipinski definition) is 2. The highest BCUT2D eigenvalue weighted by molar-refractivity contribution is 5.41. The van der Waals surface area contributed by atoms with Gasteiger partial charge in [-0.15, -0.1) is 0 Å². The van der Waals surface area contributed by atoms with E-state index in [2.05, 4.69) is 23.1 Å². The third-order valence-electron chi connectivity index (χ3n) is 5.64. The van der Waals surface area contributed by atoms with Crippen LogP contribution in [0.1, 0.15) is 35.1 Å². The summed E-state index contributed by atoms with van der Waals surface area (Å²) < 4.78 is 31.9. The maximum atomic E-state index is 13.3. The number of rotatable bonds is 5. The number of ether oxygens (including phenoxy) is 1. The van der Waals surface area contributed by atoms with E-state index in [0.29, 0.717) is 12.8 Å². The Labute approximate surface area is 147 Å². The summed E-state index contributed by atoms with van der Waals surface area (Å²) in [5.74, 6) is 0.869. The highest BCUT2D eigenvalue weighted by Gasteiger charge is 2.52. The van der Waals surface area contributed by atoms with Gasteiger partial charge in [-0.05, 0) is 53.6 Å². The van der Waals surface area contributed by atoms with E-state index in [1.165, 1.54) is 16.7 Å². The minimum absolute atomic E-state index is 0.618. The van der Waals surface area contributed by atoms with E-state index in [0.717, 1.165) is 37.4 Å². The molecule has 2 aliphatic rings. The molecule has 1 aliphatic carbocycles. The standard InChI is InChI=1S/C21H23F2NO/c1-25-19-6-2-15(3-7-19)13-24-11-8-16-12-18(5-4-17(16)14-24)21(9-10-21)20(22)23/h2-7,12,20H,8-11,13-14H2,1H3. The Morgan fingerprint density at radius 1 is 1.08 bits per heavy atom. The Balaban J connectivity index is 1.46. The highest BCUT2D eigenvalue weighted by atomic mass is 19.3. The van der Waals surface area contributed by atoms with Crippen molar-refractivity contribution in [3.63, 3.8) is 0 Å². The van der Waals surface area contributed by atoms with Gasteiger partial charge in [0, 0.05) is 19.6 Å². The lowest BCUT2D eigenvalue weighted by atomic mass is 9.90. The van der Waals surface area contributed by atoms with Gasteiger partial charge >= 0.3 is 0 Å². The number of nitrogens with zero attached hydrogens (tertiary/aromatic N) is 1. The van der Waals surface area contributed by atoms with Crippen molar-refractivity contribution >= 4 is 0 Å². The van der Waals surface area contributed by atoms with Crippen molar-refractivity contribution in [2.75, 3.05) is 13.7 Å². The predicted molar refractivity (Wildman–Crippen MR) is 94.2 cm³/mol. The van der Waals surface area contributed by atoms with E-state index in [1.54, 1.807) is 7.11 Å². The molecule has 0 unspecified atom stereocenters. The molecule has 2 nitrogen and oxygen atoms in total. The summed E-state index contributed by atoms with van der Waals surface area (Å²) in [5.41, 5.74) is 3.76. The fourth-order valence-corrected chi connectivity index (χ4v) is 3.81.